The molecule has 0 aliphatic rings. The van der Waals surface area contributed by atoms with Gasteiger partial charge in [-0.3, -0.25) is 4.98 Å². The number of nitrogens with zero attached hydrogens (tertiary/aromatic N) is 3. The van der Waals surface area contributed by atoms with Crippen LogP contribution in [0.15, 0.2) is 42.7 Å². The first-order valence-electron chi connectivity index (χ1n) is 6.14. The van der Waals surface area contributed by atoms with Gasteiger partial charge in [0.15, 0.2) is 0 Å². The SMILES string of the molecule is CNc1nc(C)c2cc(-c3cccnc3)ccc2n1. The number of benzene rings is 1. The lowest BCUT2D eigenvalue weighted by molar-refractivity contribution is 1.14. The molecule has 3 rings (SSSR count). The van der Waals surface area contributed by atoms with Gasteiger partial charge in [0.25, 0.3) is 0 Å². The van der Waals surface area contributed by atoms with Gasteiger partial charge in [0.2, 0.25) is 5.95 Å². The van der Waals surface area contributed by atoms with E-state index in [1.165, 1.54) is 0 Å². The highest BCUT2D eigenvalue weighted by Gasteiger charge is 2.05. The molecule has 0 fully saturated rings. The molecule has 4 heteroatoms. The predicted octanol–water partition coefficient (Wildman–Crippen LogP) is 3.04. The van der Waals surface area contributed by atoms with Crippen LogP contribution in [0, 0.1) is 6.92 Å². The number of rotatable bonds is 2. The Bertz CT molecular complexity index is 723. The van der Waals surface area contributed by atoms with Crippen LogP contribution in [0.4, 0.5) is 5.95 Å². The number of anilines is 1. The molecular formula is C15H14N4. The zero-order valence-electron chi connectivity index (χ0n) is 10.9. The third kappa shape index (κ3) is 2.12. The van der Waals surface area contributed by atoms with Gasteiger partial charge < -0.3 is 5.32 Å². The van der Waals surface area contributed by atoms with Crippen LogP contribution in [0.5, 0.6) is 0 Å². The highest BCUT2D eigenvalue weighted by Crippen LogP contribution is 2.25. The van der Waals surface area contributed by atoms with Crippen molar-refractivity contribution in [2.75, 3.05) is 12.4 Å². The minimum Gasteiger partial charge on any atom is -0.357 e. The van der Waals surface area contributed by atoms with Gasteiger partial charge in [0.1, 0.15) is 0 Å². The average Bonchev–Trinajstić information content (AvgIpc) is 2.47. The van der Waals surface area contributed by atoms with E-state index in [-0.39, 0.29) is 0 Å². The van der Waals surface area contributed by atoms with Crippen molar-refractivity contribution in [2.45, 2.75) is 6.92 Å². The molecule has 0 aliphatic heterocycles. The third-order valence-corrected chi connectivity index (χ3v) is 3.10. The second kappa shape index (κ2) is 4.65. The minimum absolute atomic E-state index is 0.652. The molecule has 0 bridgehead atoms. The Kier molecular flexibility index (Phi) is 2.83. The highest BCUT2D eigenvalue weighted by atomic mass is 15.1. The Balaban J connectivity index is 2.19. The summed E-state index contributed by atoms with van der Waals surface area (Å²) in [6.45, 7) is 2.00. The first kappa shape index (κ1) is 11.6. The van der Waals surface area contributed by atoms with Crippen molar-refractivity contribution in [2.24, 2.45) is 0 Å². The summed E-state index contributed by atoms with van der Waals surface area (Å²) in [4.78, 5) is 13.0. The topological polar surface area (TPSA) is 50.7 Å². The highest BCUT2D eigenvalue weighted by molar-refractivity contribution is 5.86. The molecule has 1 aromatic carbocycles. The molecule has 0 atom stereocenters. The quantitative estimate of drug-likeness (QED) is 0.759. The molecule has 19 heavy (non-hydrogen) atoms. The van der Waals surface area contributed by atoms with Gasteiger partial charge in [-0.1, -0.05) is 12.1 Å². The smallest absolute Gasteiger partial charge is 0.223 e. The van der Waals surface area contributed by atoms with E-state index in [4.69, 9.17) is 0 Å². The number of fused-ring (bicyclic) bond motifs is 1. The molecule has 0 radical (unpaired) electrons. The predicted molar refractivity (Wildman–Crippen MR) is 77.1 cm³/mol. The van der Waals surface area contributed by atoms with Gasteiger partial charge in [0.05, 0.1) is 11.2 Å². The van der Waals surface area contributed by atoms with Crippen LogP contribution < -0.4 is 5.32 Å². The van der Waals surface area contributed by atoms with Gasteiger partial charge in [0, 0.05) is 30.4 Å². The van der Waals surface area contributed by atoms with Crippen LogP contribution in [-0.4, -0.2) is 22.0 Å². The van der Waals surface area contributed by atoms with Gasteiger partial charge in [-0.25, -0.2) is 9.97 Å². The second-order valence-electron chi connectivity index (χ2n) is 4.36. The Hall–Kier alpha value is -2.49. The van der Waals surface area contributed by atoms with Crippen molar-refractivity contribution in [1.82, 2.24) is 15.0 Å². The van der Waals surface area contributed by atoms with Crippen molar-refractivity contribution in [3.63, 3.8) is 0 Å². The fourth-order valence-corrected chi connectivity index (χ4v) is 2.11. The molecule has 2 aromatic heterocycles. The van der Waals surface area contributed by atoms with Crippen LogP contribution in [0.1, 0.15) is 5.69 Å². The first-order chi connectivity index (χ1) is 9.28. The summed E-state index contributed by atoms with van der Waals surface area (Å²) < 4.78 is 0. The van der Waals surface area contributed by atoms with Gasteiger partial charge >= 0.3 is 0 Å². The lowest BCUT2D eigenvalue weighted by Gasteiger charge is -2.07. The van der Waals surface area contributed by atoms with Crippen molar-refractivity contribution in [1.29, 1.82) is 0 Å². The maximum Gasteiger partial charge on any atom is 0.223 e. The second-order valence-corrected chi connectivity index (χ2v) is 4.36. The van der Waals surface area contributed by atoms with Crippen molar-refractivity contribution in [3.05, 3.63) is 48.4 Å². The zero-order valence-corrected chi connectivity index (χ0v) is 10.9. The van der Waals surface area contributed by atoms with E-state index in [1.807, 2.05) is 38.4 Å². The van der Waals surface area contributed by atoms with Crippen LogP contribution >= 0.6 is 0 Å². The minimum atomic E-state index is 0.652. The van der Waals surface area contributed by atoms with Crippen molar-refractivity contribution >= 4 is 16.9 Å². The van der Waals surface area contributed by atoms with E-state index in [0.717, 1.165) is 27.7 Å². The molecule has 2 heterocycles. The standard InChI is InChI=1S/C15H14N4/c1-10-13-8-11(12-4-3-7-17-9-12)5-6-14(13)19-15(16-2)18-10/h3-9H,1-2H3,(H,16,18,19). The Morgan fingerprint density at radius 2 is 1.95 bits per heavy atom. The summed E-state index contributed by atoms with van der Waals surface area (Å²) in [7, 11) is 1.82. The first-order valence-corrected chi connectivity index (χ1v) is 6.14. The Morgan fingerprint density at radius 1 is 1.05 bits per heavy atom. The molecule has 0 saturated heterocycles. The summed E-state index contributed by atoms with van der Waals surface area (Å²) >= 11 is 0. The van der Waals surface area contributed by atoms with Crippen molar-refractivity contribution < 1.29 is 0 Å². The van der Waals surface area contributed by atoms with E-state index in [1.54, 1.807) is 6.20 Å². The summed E-state index contributed by atoms with van der Waals surface area (Å²) in [5.74, 6) is 0.652. The number of pyridine rings is 1. The maximum atomic E-state index is 4.45. The number of aromatic nitrogens is 3. The molecule has 0 unspecified atom stereocenters. The maximum absolute atomic E-state index is 4.45. The van der Waals surface area contributed by atoms with E-state index in [9.17, 15) is 0 Å². The van der Waals surface area contributed by atoms with E-state index in [2.05, 4.69) is 32.4 Å². The monoisotopic (exact) mass is 250 g/mol. The summed E-state index contributed by atoms with van der Waals surface area (Å²) in [5, 5.41) is 4.04. The lowest BCUT2D eigenvalue weighted by Crippen LogP contribution is -1.98. The fourth-order valence-electron chi connectivity index (χ4n) is 2.11. The Morgan fingerprint density at radius 3 is 2.68 bits per heavy atom. The molecule has 3 aromatic rings. The van der Waals surface area contributed by atoms with Gasteiger partial charge in [-0.05, 0) is 30.7 Å². The lowest BCUT2D eigenvalue weighted by atomic mass is 10.0. The van der Waals surface area contributed by atoms with Crippen LogP contribution in [0.25, 0.3) is 22.0 Å². The number of aryl methyl sites for hydroxylation is 1. The molecular weight excluding hydrogens is 236 g/mol. The summed E-state index contributed by atoms with van der Waals surface area (Å²) in [6.07, 6.45) is 3.64. The molecule has 1 N–H and O–H groups in total. The average molecular weight is 250 g/mol. The van der Waals surface area contributed by atoms with Crippen LogP contribution in [0.3, 0.4) is 0 Å². The zero-order chi connectivity index (χ0) is 13.2. The fraction of sp³-hybridized carbons (Fsp3) is 0.133. The van der Waals surface area contributed by atoms with E-state index < -0.39 is 0 Å². The van der Waals surface area contributed by atoms with Crippen LogP contribution in [-0.2, 0) is 0 Å². The molecule has 4 nitrogen and oxygen atoms in total. The number of nitrogens with one attached hydrogen (secondary N) is 1. The molecule has 0 spiro atoms. The number of hydrogen-bond acceptors (Lipinski definition) is 4. The normalized spacial score (nSPS) is 10.6. The van der Waals surface area contributed by atoms with Crippen molar-refractivity contribution in [3.8, 4) is 11.1 Å². The summed E-state index contributed by atoms with van der Waals surface area (Å²) in [5.41, 5.74) is 4.15. The van der Waals surface area contributed by atoms with E-state index in [0.29, 0.717) is 5.95 Å². The third-order valence-electron chi connectivity index (χ3n) is 3.10. The van der Waals surface area contributed by atoms with Crippen LogP contribution in [0.2, 0.25) is 0 Å². The van der Waals surface area contributed by atoms with E-state index >= 15 is 0 Å². The molecule has 0 saturated carbocycles. The molecule has 0 aliphatic carbocycles. The van der Waals surface area contributed by atoms with Gasteiger partial charge in [-0.15, -0.1) is 0 Å². The van der Waals surface area contributed by atoms with Gasteiger partial charge in [-0.2, -0.15) is 0 Å². The molecule has 94 valence electrons. The summed E-state index contributed by atoms with van der Waals surface area (Å²) in [6, 6.07) is 10.2. The largest absolute Gasteiger partial charge is 0.357 e. The number of hydrogen-bond donors (Lipinski definition) is 1. The molecule has 0 amide bonds. The Labute approximate surface area is 111 Å².